The number of aromatic nitrogens is 1. The summed E-state index contributed by atoms with van der Waals surface area (Å²) in [6.45, 7) is 2.07. The lowest BCUT2D eigenvalue weighted by atomic mass is 10.1. The van der Waals surface area contributed by atoms with E-state index in [0.717, 1.165) is 33.6 Å². The van der Waals surface area contributed by atoms with E-state index in [-0.39, 0.29) is 5.41 Å². The summed E-state index contributed by atoms with van der Waals surface area (Å²) in [7, 11) is 0. The first-order valence-electron chi connectivity index (χ1n) is 5.80. The molecule has 1 fully saturated rings. The molecule has 0 spiro atoms. The highest BCUT2D eigenvalue weighted by Gasteiger charge is 2.48. The molecule has 18 heavy (non-hydrogen) atoms. The van der Waals surface area contributed by atoms with Crippen molar-refractivity contribution in [3.8, 4) is 17.3 Å². The van der Waals surface area contributed by atoms with Crippen molar-refractivity contribution >= 4 is 27.3 Å². The van der Waals surface area contributed by atoms with E-state index in [1.54, 1.807) is 11.3 Å². The minimum Gasteiger partial charge on any atom is -0.239 e. The van der Waals surface area contributed by atoms with Gasteiger partial charge in [-0.05, 0) is 31.9 Å². The van der Waals surface area contributed by atoms with Crippen LogP contribution in [0.3, 0.4) is 0 Å². The van der Waals surface area contributed by atoms with Gasteiger partial charge in [-0.1, -0.05) is 28.1 Å². The van der Waals surface area contributed by atoms with Crippen molar-refractivity contribution in [3.63, 3.8) is 0 Å². The van der Waals surface area contributed by atoms with E-state index in [4.69, 9.17) is 4.98 Å². The van der Waals surface area contributed by atoms with E-state index in [0.29, 0.717) is 0 Å². The van der Waals surface area contributed by atoms with Crippen LogP contribution in [0, 0.1) is 18.3 Å². The largest absolute Gasteiger partial charge is 0.239 e. The second kappa shape index (κ2) is 4.18. The quantitative estimate of drug-likeness (QED) is 0.821. The summed E-state index contributed by atoms with van der Waals surface area (Å²) < 4.78 is 1.05. The number of halogens is 1. The molecule has 0 radical (unpaired) electrons. The van der Waals surface area contributed by atoms with Crippen molar-refractivity contribution in [3.05, 3.63) is 38.6 Å². The molecule has 3 rings (SSSR count). The Balaban J connectivity index is 2.07. The number of thiazole rings is 1. The lowest BCUT2D eigenvalue weighted by molar-refractivity contribution is 0.891. The zero-order chi connectivity index (χ0) is 12.8. The molecule has 1 heterocycles. The number of rotatable bonds is 2. The van der Waals surface area contributed by atoms with Gasteiger partial charge < -0.3 is 0 Å². The molecule has 4 heteroatoms. The van der Waals surface area contributed by atoms with Crippen LogP contribution in [0.1, 0.15) is 22.7 Å². The topological polar surface area (TPSA) is 36.7 Å². The lowest BCUT2D eigenvalue weighted by Gasteiger charge is -2.00. The molecule has 2 nitrogen and oxygen atoms in total. The average molecular weight is 319 g/mol. The molecule has 0 N–H and O–H groups in total. The summed E-state index contributed by atoms with van der Waals surface area (Å²) in [6.07, 6.45) is 1.91. The number of aryl methyl sites for hydroxylation is 1. The first kappa shape index (κ1) is 11.9. The maximum absolute atomic E-state index is 9.23. The van der Waals surface area contributed by atoms with Crippen molar-refractivity contribution in [2.75, 3.05) is 0 Å². The minimum atomic E-state index is -0.278. The van der Waals surface area contributed by atoms with E-state index in [1.165, 1.54) is 4.88 Å². The van der Waals surface area contributed by atoms with Crippen molar-refractivity contribution in [1.29, 1.82) is 5.26 Å². The van der Waals surface area contributed by atoms with Crippen molar-refractivity contribution < 1.29 is 0 Å². The normalized spacial score (nSPS) is 16.3. The molecule has 1 aromatic heterocycles. The van der Waals surface area contributed by atoms with Gasteiger partial charge in [0.25, 0.3) is 0 Å². The summed E-state index contributed by atoms with van der Waals surface area (Å²) >= 11 is 5.14. The van der Waals surface area contributed by atoms with Gasteiger partial charge in [0.15, 0.2) is 0 Å². The maximum Gasteiger partial charge on any atom is 0.114 e. The monoisotopic (exact) mass is 318 g/mol. The number of hydrogen-bond donors (Lipinski definition) is 0. The molecule has 90 valence electrons. The van der Waals surface area contributed by atoms with Crippen LogP contribution in [0.4, 0.5) is 0 Å². The van der Waals surface area contributed by atoms with Crippen LogP contribution in [0.5, 0.6) is 0 Å². The van der Waals surface area contributed by atoms with Gasteiger partial charge in [0.05, 0.1) is 11.8 Å². The van der Waals surface area contributed by atoms with Crippen molar-refractivity contribution in [2.24, 2.45) is 0 Å². The molecule has 0 amide bonds. The SMILES string of the molecule is Cc1sc(C2(C#N)CC2)nc1-c1cccc(Br)c1. The van der Waals surface area contributed by atoms with Gasteiger partial charge >= 0.3 is 0 Å². The Morgan fingerprint density at radius 3 is 2.83 bits per heavy atom. The van der Waals surface area contributed by atoms with Crippen LogP contribution >= 0.6 is 27.3 Å². The maximum atomic E-state index is 9.23. The van der Waals surface area contributed by atoms with Crippen LogP contribution in [-0.2, 0) is 5.41 Å². The average Bonchev–Trinajstić information content (AvgIpc) is 3.07. The van der Waals surface area contributed by atoms with E-state index < -0.39 is 0 Å². The Labute approximate surface area is 118 Å². The number of nitriles is 1. The minimum absolute atomic E-state index is 0.278. The summed E-state index contributed by atoms with van der Waals surface area (Å²) in [5.41, 5.74) is 1.84. The summed E-state index contributed by atoms with van der Waals surface area (Å²) in [6, 6.07) is 10.5. The summed E-state index contributed by atoms with van der Waals surface area (Å²) in [5, 5.41) is 10.2. The Morgan fingerprint density at radius 2 is 2.22 bits per heavy atom. The third kappa shape index (κ3) is 1.88. The van der Waals surface area contributed by atoms with Gasteiger partial charge in [0.2, 0.25) is 0 Å². The number of hydrogen-bond acceptors (Lipinski definition) is 3. The number of nitrogens with zero attached hydrogens (tertiary/aromatic N) is 2. The zero-order valence-corrected chi connectivity index (χ0v) is 12.3. The molecule has 1 aliphatic rings. The molecule has 1 saturated carbocycles. The second-order valence-corrected chi connectivity index (χ2v) is 6.75. The summed E-state index contributed by atoms with van der Waals surface area (Å²) in [5.74, 6) is 0. The Bertz CT molecular complexity index is 650. The third-order valence-electron chi connectivity index (χ3n) is 3.27. The van der Waals surface area contributed by atoms with Gasteiger partial charge in [0, 0.05) is 14.9 Å². The molecular formula is C14H11BrN2S. The molecular weight excluding hydrogens is 308 g/mol. The van der Waals surface area contributed by atoms with Crippen LogP contribution < -0.4 is 0 Å². The zero-order valence-electron chi connectivity index (χ0n) is 9.90. The molecule has 1 aliphatic carbocycles. The Hall–Kier alpha value is -1.18. The highest BCUT2D eigenvalue weighted by Crippen LogP contribution is 2.50. The molecule has 2 aromatic rings. The van der Waals surface area contributed by atoms with E-state index >= 15 is 0 Å². The van der Waals surface area contributed by atoms with Crippen LogP contribution in [0.15, 0.2) is 28.7 Å². The third-order valence-corrected chi connectivity index (χ3v) is 4.94. The van der Waals surface area contributed by atoms with Crippen molar-refractivity contribution in [1.82, 2.24) is 4.98 Å². The van der Waals surface area contributed by atoms with Gasteiger partial charge in [-0.15, -0.1) is 11.3 Å². The fraction of sp³-hybridized carbons (Fsp3) is 0.286. The van der Waals surface area contributed by atoms with Crippen LogP contribution in [-0.4, -0.2) is 4.98 Å². The highest BCUT2D eigenvalue weighted by molar-refractivity contribution is 9.10. The first-order chi connectivity index (χ1) is 8.64. The fourth-order valence-corrected chi connectivity index (χ4v) is 3.53. The molecule has 0 saturated heterocycles. The lowest BCUT2D eigenvalue weighted by Crippen LogP contribution is -2.01. The van der Waals surface area contributed by atoms with Crippen LogP contribution in [0.2, 0.25) is 0 Å². The predicted octanol–water partition coefficient (Wildman–Crippen LogP) is 4.44. The van der Waals surface area contributed by atoms with E-state index in [1.807, 2.05) is 12.1 Å². The molecule has 0 atom stereocenters. The smallest absolute Gasteiger partial charge is 0.114 e. The fourth-order valence-electron chi connectivity index (χ4n) is 2.00. The van der Waals surface area contributed by atoms with Crippen molar-refractivity contribution in [2.45, 2.75) is 25.2 Å². The Morgan fingerprint density at radius 1 is 1.44 bits per heavy atom. The Kier molecular flexibility index (Phi) is 2.76. The van der Waals surface area contributed by atoms with E-state index in [9.17, 15) is 5.26 Å². The standard InChI is InChI=1S/C14H11BrN2S/c1-9-12(10-3-2-4-11(15)7-10)17-13(18-9)14(8-16)5-6-14/h2-4,7H,5-6H2,1H3. The van der Waals surface area contributed by atoms with Gasteiger partial charge in [-0.2, -0.15) is 5.26 Å². The molecule has 0 unspecified atom stereocenters. The first-order valence-corrected chi connectivity index (χ1v) is 7.41. The molecule has 0 bridgehead atoms. The van der Waals surface area contributed by atoms with Gasteiger partial charge in [-0.25, -0.2) is 4.98 Å². The summed E-state index contributed by atoms with van der Waals surface area (Å²) in [4.78, 5) is 5.89. The highest BCUT2D eigenvalue weighted by atomic mass is 79.9. The van der Waals surface area contributed by atoms with E-state index in [2.05, 4.69) is 41.1 Å². The van der Waals surface area contributed by atoms with Gasteiger partial charge in [0.1, 0.15) is 10.4 Å². The predicted molar refractivity (Wildman–Crippen MR) is 76.5 cm³/mol. The number of benzene rings is 1. The molecule has 1 aromatic carbocycles. The van der Waals surface area contributed by atoms with Gasteiger partial charge in [-0.3, -0.25) is 0 Å². The second-order valence-electron chi connectivity index (χ2n) is 4.63. The van der Waals surface area contributed by atoms with Crippen LogP contribution in [0.25, 0.3) is 11.3 Å². The molecule has 0 aliphatic heterocycles.